The van der Waals surface area contributed by atoms with Crippen LogP contribution in [0.3, 0.4) is 0 Å². The van der Waals surface area contributed by atoms with Crippen LogP contribution >= 0.6 is 0 Å². The number of aliphatic hydroxyl groups is 1. The van der Waals surface area contributed by atoms with Gasteiger partial charge in [-0.25, -0.2) is 4.89 Å². The van der Waals surface area contributed by atoms with E-state index < -0.39 is 11.7 Å². The van der Waals surface area contributed by atoms with Crippen molar-refractivity contribution in [1.82, 2.24) is 0 Å². The summed E-state index contributed by atoms with van der Waals surface area (Å²) in [7, 11) is 0. The van der Waals surface area contributed by atoms with Crippen LogP contribution in [0.4, 0.5) is 0 Å². The van der Waals surface area contributed by atoms with E-state index >= 15 is 0 Å². The molecule has 0 aliphatic rings. The van der Waals surface area contributed by atoms with Gasteiger partial charge < -0.3 is 5.11 Å². The average molecular weight is 278 g/mol. The minimum absolute atomic E-state index is 0. The molecule has 0 amide bonds. The maximum Gasteiger partial charge on any atom is 0.100 e. The van der Waals surface area contributed by atoms with E-state index in [1.165, 1.54) is 0 Å². The van der Waals surface area contributed by atoms with E-state index in [0.717, 1.165) is 0 Å². The fourth-order valence-corrected chi connectivity index (χ4v) is 0.749. The van der Waals surface area contributed by atoms with Gasteiger partial charge in [-0.3, -0.25) is 5.26 Å². The fraction of sp³-hybridized carbons (Fsp3) is 1.00. The summed E-state index contributed by atoms with van der Waals surface area (Å²) in [5.41, 5.74) is -0.631. The minimum Gasteiger partial charge on any atom is -0.393 e. The predicted octanol–water partition coefficient (Wildman–Crippen LogP) is 1.03. The van der Waals surface area contributed by atoms with Crippen LogP contribution in [0.2, 0.25) is 0 Å². The molecule has 0 radical (unpaired) electrons. The Bertz CT molecular complexity index is 83.1. The van der Waals surface area contributed by atoms with Gasteiger partial charge in [0.05, 0.1) is 6.10 Å². The van der Waals surface area contributed by atoms with Crippen LogP contribution in [0.25, 0.3) is 0 Å². The van der Waals surface area contributed by atoms with Crippen molar-refractivity contribution < 1.29 is 56.1 Å². The summed E-state index contributed by atoms with van der Waals surface area (Å²) in [6.45, 7) is 5.07. The molecule has 0 fully saturated rings. The van der Waals surface area contributed by atoms with Gasteiger partial charge in [0.2, 0.25) is 0 Å². The first-order chi connectivity index (χ1) is 3.98. The Labute approximate surface area is 94.2 Å². The zero-order chi connectivity index (χ0) is 7.49. The number of hydrogen-bond acceptors (Lipinski definition) is 3. The molecule has 0 saturated heterocycles. The van der Waals surface area contributed by atoms with Crippen molar-refractivity contribution >= 4 is 0 Å². The van der Waals surface area contributed by atoms with Crippen molar-refractivity contribution in [2.45, 2.75) is 38.9 Å². The molecule has 0 aromatic heterocycles. The summed E-state index contributed by atoms with van der Waals surface area (Å²) in [6, 6.07) is 0. The third kappa shape index (κ3) is 7.34. The van der Waals surface area contributed by atoms with Gasteiger partial charge in [-0.2, -0.15) is 0 Å². The van der Waals surface area contributed by atoms with Crippen molar-refractivity contribution in [2.24, 2.45) is 0 Å². The smallest absolute Gasteiger partial charge is 0.100 e. The molecule has 0 rings (SSSR count). The van der Waals surface area contributed by atoms with Gasteiger partial charge in [-0.05, 0) is 20.8 Å². The summed E-state index contributed by atoms with van der Waals surface area (Å²) >= 11 is 0. The van der Waals surface area contributed by atoms with E-state index in [9.17, 15) is 0 Å². The normalized spacial score (nSPS) is 14.1. The van der Waals surface area contributed by atoms with E-state index in [4.69, 9.17) is 10.4 Å². The van der Waals surface area contributed by atoms with Crippen molar-refractivity contribution in [3.05, 3.63) is 0 Å². The second kappa shape index (κ2) is 5.83. The molecule has 0 aromatic rings. The summed E-state index contributed by atoms with van der Waals surface area (Å²) in [4.78, 5) is 4.09. The van der Waals surface area contributed by atoms with E-state index in [2.05, 4.69) is 4.89 Å². The molecule has 0 aromatic carbocycles. The molecule has 60 valence electrons. The van der Waals surface area contributed by atoms with Crippen LogP contribution < -0.4 is 0 Å². The molecule has 0 bridgehead atoms. The first kappa shape index (κ1) is 13.8. The zero-order valence-electron chi connectivity index (χ0n) is 6.59. The van der Waals surface area contributed by atoms with Gasteiger partial charge in [0, 0.05) is 47.3 Å². The fourth-order valence-electron chi connectivity index (χ4n) is 0.749. The van der Waals surface area contributed by atoms with Gasteiger partial charge in [0.25, 0.3) is 0 Å². The van der Waals surface area contributed by atoms with Crippen molar-refractivity contribution in [1.29, 1.82) is 0 Å². The summed E-state index contributed by atoms with van der Waals surface area (Å²) < 4.78 is 0. The van der Waals surface area contributed by atoms with Crippen LogP contribution in [0, 0.1) is 40.8 Å². The monoisotopic (exact) mass is 276 g/mol. The number of hydrogen-bond donors (Lipinski definition) is 2. The molecule has 4 heteroatoms. The van der Waals surface area contributed by atoms with E-state index in [1.54, 1.807) is 20.8 Å². The Balaban J connectivity index is 0. The van der Waals surface area contributed by atoms with Crippen LogP contribution in [-0.2, 0) is 4.89 Å². The second-order valence-corrected chi connectivity index (χ2v) is 2.90. The Morgan fingerprint density at radius 2 is 1.90 bits per heavy atom. The van der Waals surface area contributed by atoms with E-state index in [1.807, 2.05) is 0 Å². The molecule has 0 spiro atoms. The number of aliphatic hydroxyl groups excluding tert-OH is 1. The maximum absolute atomic E-state index is 8.83. The van der Waals surface area contributed by atoms with Crippen LogP contribution in [0.15, 0.2) is 0 Å². The third-order valence-corrected chi connectivity index (χ3v) is 1.03. The largest absolute Gasteiger partial charge is 0.393 e. The van der Waals surface area contributed by atoms with Crippen molar-refractivity contribution in [3.8, 4) is 0 Å². The van der Waals surface area contributed by atoms with Gasteiger partial charge >= 0.3 is 0 Å². The Morgan fingerprint density at radius 3 is 2.00 bits per heavy atom. The van der Waals surface area contributed by atoms with Crippen LogP contribution in [-0.4, -0.2) is 22.1 Å². The van der Waals surface area contributed by atoms with Crippen LogP contribution in [0.5, 0.6) is 0 Å². The molecular weight excluding hydrogens is 264 g/mol. The molecule has 2 N–H and O–H groups in total. The Kier molecular flexibility index (Phi) is 8.04. The first-order valence-corrected chi connectivity index (χ1v) is 2.98. The van der Waals surface area contributed by atoms with E-state index in [0.29, 0.717) is 6.42 Å². The Morgan fingerprint density at radius 1 is 1.50 bits per heavy atom. The summed E-state index contributed by atoms with van der Waals surface area (Å²) in [6.07, 6.45) is -0.00380. The molecule has 0 saturated carbocycles. The molecule has 3 nitrogen and oxygen atoms in total. The van der Waals surface area contributed by atoms with Crippen molar-refractivity contribution in [2.75, 3.05) is 0 Å². The minimum atomic E-state index is -0.631. The molecular formula is C6H14NdO3. The third-order valence-electron chi connectivity index (χ3n) is 1.03. The van der Waals surface area contributed by atoms with Crippen LogP contribution in [0.1, 0.15) is 27.2 Å². The zero-order valence-corrected chi connectivity index (χ0v) is 9.80. The molecule has 0 aliphatic carbocycles. The quantitative estimate of drug-likeness (QED) is 0.599. The molecule has 1 atom stereocenters. The van der Waals surface area contributed by atoms with Crippen molar-refractivity contribution in [3.63, 3.8) is 0 Å². The standard InChI is InChI=1S/C6H14O3.Nd/c1-5(7)4-6(2,3)9-8;/h5,7-8H,4H2,1-3H3;. The van der Waals surface area contributed by atoms with Gasteiger partial charge in [0.15, 0.2) is 0 Å². The number of rotatable bonds is 3. The average Bonchev–Trinajstić information content (AvgIpc) is 1.63. The molecule has 10 heavy (non-hydrogen) atoms. The summed E-state index contributed by atoms with van der Waals surface area (Å²) in [5, 5.41) is 17.1. The van der Waals surface area contributed by atoms with Gasteiger partial charge in [-0.1, -0.05) is 0 Å². The van der Waals surface area contributed by atoms with Gasteiger partial charge in [0.1, 0.15) is 5.60 Å². The maximum atomic E-state index is 8.83. The predicted molar refractivity (Wildman–Crippen MR) is 34.1 cm³/mol. The molecule has 0 heterocycles. The first-order valence-electron chi connectivity index (χ1n) is 2.98. The SMILES string of the molecule is CC(O)CC(C)(C)OO.[Nd]. The Hall–Kier alpha value is 1.23. The second-order valence-electron chi connectivity index (χ2n) is 2.90. The van der Waals surface area contributed by atoms with E-state index in [-0.39, 0.29) is 40.8 Å². The molecule has 1 unspecified atom stereocenters. The van der Waals surface area contributed by atoms with Gasteiger partial charge in [-0.15, -0.1) is 0 Å². The topological polar surface area (TPSA) is 49.7 Å². The summed E-state index contributed by atoms with van der Waals surface area (Å²) in [5.74, 6) is 0. The molecule has 0 aliphatic heterocycles.